The quantitative estimate of drug-likeness (QED) is 0.786. The van der Waals surface area contributed by atoms with E-state index in [1.54, 1.807) is 0 Å². The molecule has 1 nitrogen and oxygen atoms in total. The number of hydrogen-bond acceptors (Lipinski definition) is 2. The molecule has 17 heavy (non-hydrogen) atoms. The number of aryl methyl sites for hydroxylation is 1. The highest BCUT2D eigenvalue weighted by atomic mass is 32.2. The number of benzene rings is 1. The van der Waals surface area contributed by atoms with E-state index in [-0.39, 0.29) is 0 Å². The summed E-state index contributed by atoms with van der Waals surface area (Å²) >= 11 is 2.10. The number of nitrogens with zero attached hydrogens (tertiary/aromatic N) is 1. The standard InChI is InChI=1S/C15H19NS/c1-12-9-13(10-16)7-8-14(12)11-17-15-5-3-2-4-6-15/h7-9,15H,2-6,11H2,1H3. The van der Waals surface area contributed by atoms with Gasteiger partial charge < -0.3 is 0 Å². The summed E-state index contributed by atoms with van der Waals surface area (Å²) in [7, 11) is 0. The lowest BCUT2D eigenvalue weighted by Crippen LogP contribution is -2.08. The topological polar surface area (TPSA) is 23.8 Å². The minimum atomic E-state index is 0.772. The van der Waals surface area contributed by atoms with Gasteiger partial charge in [-0.2, -0.15) is 17.0 Å². The smallest absolute Gasteiger partial charge is 0.0991 e. The Labute approximate surface area is 108 Å². The van der Waals surface area contributed by atoms with Crippen molar-refractivity contribution in [3.05, 3.63) is 34.9 Å². The molecule has 0 saturated heterocycles. The Balaban J connectivity index is 1.92. The molecule has 1 saturated carbocycles. The molecule has 0 aromatic heterocycles. The van der Waals surface area contributed by atoms with Crippen LogP contribution in [0.4, 0.5) is 0 Å². The summed E-state index contributed by atoms with van der Waals surface area (Å²) in [5, 5.41) is 9.69. The van der Waals surface area contributed by atoms with Gasteiger partial charge in [-0.3, -0.25) is 0 Å². The van der Waals surface area contributed by atoms with Crippen LogP contribution >= 0.6 is 11.8 Å². The van der Waals surface area contributed by atoms with Crippen molar-refractivity contribution in [1.82, 2.24) is 0 Å². The molecule has 1 aromatic rings. The van der Waals surface area contributed by atoms with Crippen molar-refractivity contribution in [3.8, 4) is 6.07 Å². The van der Waals surface area contributed by atoms with Gasteiger partial charge in [0, 0.05) is 11.0 Å². The van der Waals surface area contributed by atoms with Gasteiger partial charge >= 0.3 is 0 Å². The van der Waals surface area contributed by atoms with Crippen LogP contribution < -0.4 is 0 Å². The zero-order chi connectivity index (χ0) is 12.1. The van der Waals surface area contributed by atoms with E-state index < -0.39 is 0 Å². The average molecular weight is 245 g/mol. The molecule has 1 aliphatic carbocycles. The van der Waals surface area contributed by atoms with Crippen LogP contribution in [0.5, 0.6) is 0 Å². The maximum atomic E-state index is 8.83. The van der Waals surface area contributed by atoms with Crippen LogP contribution in [-0.4, -0.2) is 5.25 Å². The van der Waals surface area contributed by atoms with Gasteiger partial charge in [0.1, 0.15) is 0 Å². The van der Waals surface area contributed by atoms with E-state index in [0.29, 0.717) is 0 Å². The van der Waals surface area contributed by atoms with Crippen LogP contribution in [0.3, 0.4) is 0 Å². The normalized spacial score (nSPS) is 16.7. The molecule has 1 fully saturated rings. The highest BCUT2D eigenvalue weighted by Gasteiger charge is 2.14. The van der Waals surface area contributed by atoms with E-state index in [1.165, 1.54) is 43.2 Å². The summed E-state index contributed by atoms with van der Waals surface area (Å²) in [5.74, 6) is 1.10. The predicted molar refractivity (Wildman–Crippen MR) is 74.1 cm³/mol. The lowest BCUT2D eigenvalue weighted by atomic mass is 10.0. The van der Waals surface area contributed by atoms with E-state index in [4.69, 9.17) is 5.26 Å². The first-order valence-corrected chi connectivity index (χ1v) is 7.45. The summed E-state index contributed by atoms with van der Waals surface area (Å²) in [5.41, 5.74) is 3.42. The van der Waals surface area contributed by atoms with Gasteiger partial charge in [-0.05, 0) is 43.0 Å². The summed E-state index contributed by atoms with van der Waals surface area (Å²) in [4.78, 5) is 0. The molecule has 0 spiro atoms. The molecule has 1 aliphatic rings. The molecular formula is C15H19NS. The third-order valence-corrected chi connectivity index (χ3v) is 4.92. The van der Waals surface area contributed by atoms with Gasteiger partial charge in [0.2, 0.25) is 0 Å². The van der Waals surface area contributed by atoms with E-state index in [1.807, 2.05) is 12.1 Å². The molecular weight excluding hydrogens is 226 g/mol. The second kappa shape index (κ2) is 6.12. The number of nitriles is 1. The van der Waals surface area contributed by atoms with Crippen molar-refractivity contribution in [3.63, 3.8) is 0 Å². The Morgan fingerprint density at radius 2 is 2.06 bits per heavy atom. The van der Waals surface area contributed by atoms with Crippen molar-refractivity contribution in [2.24, 2.45) is 0 Å². The SMILES string of the molecule is Cc1cc(C#N)ccc1CSC1CCCCC1. The van der Waals surface area contributed by atoms with Crippen LogP contribution in [0, 0.1) is 18.3 Å². The van der Waals surface area contributed by atoms with Gasteiger partial charge in [-0.15, -0.1) is 0 Å². The fraction of sp³-hybridized carbons (Fsp3) is 0.533. The van der Waals surface area contributed by atoms with Gasteiger partial charge in [0.15, 0.2) is 0 Å². The van der Waals surface area contributed by atoms with Gasteiger partial charge in [-0.1, -0.05) is 25.3 Å². The highest BCUT2D eigenvalue weighted by molar-refractivity contribution is 7.99. The van der Waals surface area contributed by atoms with Crippen molar-refractivity contribution in [1.29, 1.82) is 5.26 Å². The molecule has 0 atom stereocenters. The Morgan fingerprint density at radius 3 is 2.71 bits per heavy atom. The van der Waals surface area contributed by atoms with E-state index in [9.17, 15) is 0 Å². The first kappa shape index (κ1) is 12.5. The fourth-order valence-corrected chi connectivity index (χ4v) is 3.77. The molecule has 0 amide bonds. The van der Waals surface area contributed by atoms with E-state index >= 15 is 0 Å². The molecule has 0 radical (unpaired) electrons. The zero-order valence-electron chi connectivity index (χ0n) is 10.4. The van der Waals surface area contributed by atoms with Gasteiger partial charge in [0.25, 0.3) is 0 Å². The minimum absolute atomic E-state index is 0.772. The largest absolute Gasteiger partial charge is 0.192 e. The molecule has 0 aliphatic heterocycles. The predicted octanol–water partition coefficient (Wildman–Crippen LogP) is 4.43. The van der Waals surface area contributed by atoms with E-state index in [0.717, 1.165) is 16.6 Å². The second-order valence-electron chi connectivity index (χ2n) is 4.82. The molecule has 90 valence electrons. The van der Waals surface area contributed by atoms with E-state index in [2.05, 4.69) is 30.8 Å². The van der Waals surface area contributed by atoms with Crippen LogP contribution in [0.2, 0.25) is 0 Å². The molecule has 0 N–H and O–H groups in total. The Morgan fingerprint density at radius 1 is 1.29 bits per heavy atom. The molecule has 0 bridgehead atoms. The molecule has 2 heteroatoms. The maximum absolute atomic E-state index is 8.83. The first-order valence-electron chi connectivity index (χ1n) is 6.41. The molecule has 0 heterocycles. The lowest BCUT2D eigenvalue weighted by Gasteiger charge is -2.21. The molecule has 2 rings (SSSR count). The molecule has 1 aromatic carbocycles. The summed E-state index contributed by atoms with van der Waals surface area (Å²) < 4.78 is 0. The first-order chi connectivity index (χ1) is 8.29. The lowest BCUT2D eigenvalue weighted by molar-refractivity contribution is 0.516. The number of thioether (sulfide) groups is 1. The van der Waals surface area contributed by atoms with Crippen LogP contribution in [0.15, 0.2) is 18.2 Å². The number of hydrogen-bond donors (Lipinski definition) is 0. The van der Waals surface area contributed by atoms with Gasteiger partial charge in [-0.25, -0.2) is 0 Å². The van der Waals surface area contributed by atoms with Crippen molar-refractivity contribution in [2.45, 2.75) is 50.0 Å². The van der Waals surface area contributed by atoms with Crippen molar-refractivity contribution < 1.29 is 0 Å². The Bertz CT molecular complexity index is 413. The second-order valence-corrected chi connectivity index (χ2v) is 6.11. The summed E-state index contributed by atoms with van der Waals surface area (Å²) in [6.45, 7) is 2.11. The van der Waals surface area contributed by atoms with Crippen molar-refractivity contribution in [2.75, 3.05) is 0 Å². The van der Waals surface area contributed by atoms with Gasteiger partial charge in [0.05, 0.1) is 11.6 Å². The average Bonchev–Trinajstić information content (AvgIpc) is 2.38. The third kappa shape index (κ3) is 3.51. The van der Waals surface area contributed by atoms with Crippen molar-refractivity contribution >= 4 is 11.8 Å². The Hall–Kier alpha value is -0.940. The van der Waals surface area contributed by atoms with Crippen LogP contribution in [0.1, 0.15) is 48.8 Å². The third-order valence-electron chi connectivity index (χ3n) is 3.50. The summed E-state index contributed by atoms with van der Waals surface area (Å²) in [6, 6.07) is 8.24. The van der Waals surface area contributed by atoms with Crippen LogP contribution in [0.25, 0.3) is 0 Å². The molecule has 0 unspecified atom stereocenters. The zero-order valence-corrected chi connectivity index (χ0v) is 11.2. The van der Waals surface area contributed by atoms with Crippen LogP contribution in [-0.2, 0) is 5.75 Å². The monoisotopic (exact) mass is 245 g/mol. The maximum Gasteiger partial charge on any atom is 0.0991 e. The highest BCUT2D eigenvalue weighted by Crippen LogP contribution is 2.31. The summed E-state index contributed by atoms with van der Waals surface area (Å²) in [6.07, 6.45) is 7.01. The number of rotatable bonds is 3. The minimum Gasteiger partial charge on any atom is -0.192 e. The fourth-order valence-electron chi connectivity index (χ4n) is 2.37. The Kier molecular flexibility index (Phi) is 4.50.